The maximum Gasteiger partial charge on any atom is 0.342 e. The van der Waals surface area contributed by atoms with E-state index in [2.05, 4.69) is 20.9 Å². The van der Waals surface area contributed by atoms with Crippen LogP contribution in [0.15, 0.2) is 34.9 Å². The standard InChI is InChI=1S/C20H23BrFNO5/c1-20(2,3)28-19(24)17-13(5-8-16(21)18(17)27-12-25-4)10-26-11-15-7-6-14(22)9-23-15/h5-9H,10-12H2,1-4H3. The first-order chi connectivity index (χ1) is 13.2. The van der Waals surface area contributed by atoms with Crippen molar-refractivity contribution in [3.8, 4) is 5.75 Å². The topological polar surface area (TPSA) is 66.9 Å². The Morgan fingerprint density at radius 1 is 1.18 bits per heavy atom. The predicted molar refractivity (Wildman–Crippen MR) is 105 cm³/mol. The van der Waals surface area contributed by atoms with E-state index in [1.165, 1.54) is 13.2 Å². The van der Waals surface area contributed by atoms with Gasteiger partial charge in [0.15, 0.2) is 12.5 Å². The minimum absolute atomic E-state index is 0.0296. The van der Waals surface area contributed by atoms with Gasteiger partial charge < -0.3 is 18.9 Å². The zero-order valence-corrected chi connectivity index (χ0v) is 17.8. The van der Waals surface area contributed by atoms with Gasteiger partial charge in [0.25, 0.3) is 0 Å². The van der Waals surface area contributed by atoms with Gasteiger partial charge in [0.1, 0.15) is 17.0 Å². The average molecular weight is 456 g/mol. The highest BCUT2D eigenvalue weighted by molar-refractivity contribution is 9.10. The number of benzene rings is 1. The van der Waals surface area contributed by atoms with Crippen LogP contribution in [0.4, 0.5) is 4.39 Å². The number of ether oxygens (including phenoxy) is 4. The lowest BCUT2D eigenvalue weighted by Crippen LogP contribution is -2.25. The van der Waals surface area contributed by atoms with Gasteiger partial charge in [0, 0.05) is 7.11 Å². The number of hydrogen-bond donors (Lipinski definition) is 0. The maximum atomic E-state index is 13.0. The molecule has 0 saturated heterocycles. The Hall–Kier alpha value is -2.03. The number of aromatic nitrogens is 1. The first-order valence-electron chi connectivity index (χ1n) is 8.56. The van der Waals surface area contributed by atoms with Gasteiger partial charge in [-0.05, 0) is 60.5 Å². The Bertz CT molecular complexity index is 805. The summed E-state index contributed by atoms with van der Waals surface area (Å²) in [5.41, 5.74) is 0.751. The number of methoxy groups -OCH3 is 1. The fourth-order valence-corrected chi connectivity index (χ4v) is 2.73. The van der Waals surface area contributed by atoms with Crippen LogP contribution in [0.5, 0.6) is 5.75 Å². The smallest absolute Gasteiger partial charge is 0.342 e. The molecule has 0 fully saturated rings. The van der Waals surface area contributed by atoms with Gasteiger partial charge in [0.2, 0.25) is 0 Å². The summed E-state index contributed by atoms with van der Waals surface area (Å²) in [6.07, 6.45) is 1.13. The fourth-order valence-electron chi connectivity index (χ4n) is 2.29. The summed E-state index contributed by atoms with van der Waals surface area (Å²) in [5, 5.41) is 0. The van der Waals surface area contributed by atoms with Crippen LogP contribution in [0.3, 0.4) is 0 Å². The Morgan fingerprint density at radius 3 is 2.54 bits per heavy atom. The van der Waals surface area contributed by atoms with E-state index in [4.69, 9.17) is 18.9 Å². The molecule has 0 aliphatic heterocycles. The molecule has 0 saturated carbocycles. The third kappa shape index (κ3) is 6.54. The first kappa shape index (κ1) is 22.3. The molecule has 0 atom stereocenters. The number of carbonyl (C=O) groups is 1. The van der Waals surface area contributed by atoms with Crippen molar-refractivity contribution >= 4 is 21.9 Å². The molecule has 2 aromatic rings. The monoisotopic (exact) mass is 455 g/mol. The van der Waals surface area contributed by atoms with Crippen molar-refractivity contribution in [2.75, 3.05) is 13.9 Å². The van der Waals surface area contributed by atoms with Crippen molar-refractivity contribution < 1.29 is 28.1 Å². The Balaban J connectivity index is 2.25. The Morgan fingerprint density at radius 2 is 1.93 bits per heavy atom. The number of carbonyl (C=O) groups excluding carboxylic acids is 1. The molecule has 0 amide bonds. The molecule has 0 bridgehead atoms. The molecule has 28 heavy (non-hydrogen) atoms. The summed E-state index contributed by atoms with van der Waals surface area (Å²) in [5.74, 6) is -0.626. The summed E-state index contributed by atoms with van der Waals surface area (Å²) in [6, 6.07) is 6.36. The molecule has 8 heteroatoms. The number of rotatable bonds is 8. The van der Waals surface area contributed by atoms with Crippen LogP contribution in [0, 0.1) is 5.82 Å². The fraction of sp³-hybridized carbons (Fsp3) is 0.400. The van der Waals surface area contributed by atoms with E-state index in [9.17, 15) is 9.18 Å². The minimum atomic E-state index is -0.673. The number of hydrogen-bond acceptors (Lipinski definition) is 6. The van der Waals surface area contributed by atoms with Crippen LogP contribution in [-0.4, -0.2) is 30.5 Å². The molecule has 0 N–H and O–H groups in total. The normalized spacial score (nSPS) is 11.4. The number of nitrogens with zero attached hydrogens (tertiary/aromatic N) is 1. The lowest BCUT2D eigenvalue weighted by molar-refractivity contribution is 0.00486. The number of pyridine rings is 1. The molecule has 0 spiro atoms. The summed E-state index contributed by atoms with van der Waals surface area (Å²) in [4.78, 5) is 16.8. The van der Waals surface area contributed by atoms with Crippen molar-refractivity contribution in [3.05, 3.63) is 57.6 Å². The summed E-state index contributed by atoms with van der Waals surface area (Å²) in [7, 11) is 1.49. The number of esters is 1. The predicted octanol–water partition coefficient (Wildman–Crippen LogP) is 4.64. The molecule has 1 aromatic heterocycles. The van der Waals surface area contributed by atoms with Crippen molar-refractivity contribution in [1.29, 1.82) is 0 Å². The highest BCUT2D eigenvalue weighted by Gasteiger charge is 2.26. The van der Waals surface area contributed by atoms with Crippen LogP contribution in [0.2, 0.25) is 0 Å². The molecule has 1 aromatic carbocycles. The first-order valence-corrected chi connectivity index (χ1v) is 9.35. The van der Waals surface area contributed by atoms with Gasteiger partial charge in [-0.3, -0.25) is 4.98 Å². The van der Waals surface area contributed by atoms with Gasteiger partial charge in [0.05, 0.1) is 29.6 Å². The quantitative estimate of drug-likeness (QED) is 0.426. The lowest BCUT2D eigenvalue weighted by Gasteiger charge is -2.22. The Kier molecular flexibility index (Phi) is 7.91. The second kappa shape index (κ2) is 9.95. The average Bonchev–Trinajstić information content (AvgIpc) is 2.61. The molecule has 0 aliphatic rings. The third-order valence-corrected chi connectivity index (χ3v) is 4.04. The van der Waals surface area contributed by atoms with Gasteiger partial charge in [-0.15, -0.1) is 0 Å². The van der Waals surface area contributed by atoms with Crippen LogP contribution < -0.4 is 4.74 Å². The van der Waals surface area contributed by atoms with Gasteiger partial charge >= 0.3 is 5.97 Å². The van der Waals surface area contributed by atoms with Crippen molar-refractivity contribution in [3.63, 3.8) is 0 Å². The molecule has 6 nitrogen and oxygen atoms in total. The van der Waals surface area contributed by atoms with E-state index in [1.54, 1.807) is 39.0 Å². The summed E-state index contributed by atoms with van der Waals surface area (Å²) in [6.45, 7) is 5.61. The van der Waals surface area contributed by atoms with Crippen LogP contribution in [0.1, 0.15) is 42.4 Å². The van der Waals surface area contributed by atoms with E-state index in [0.29, 0.717) is 21.5 Å². The zero-order chi connectivity index (χ0) is 20.7. The largest absolute Gasteiger partial charge is 0.465 e. The van der Waals surface area contributed by atoms with E-state index in [1.807, 2.05) is 0 Å². The van der Waals surface area contributed by atoms with E-state index in [0.717, 1.165) is 6.20 Å². The third-order valence-electron chi connectivity index (χ3n) is 3.42. The van der Waals surface area contributed by atoms with Crippen LogP contribution in [0.25, 0.3) is 0 Å². The van der Waals surface area contributed by atoms with Crippen LogP contribution in [-0.2, 0) is 27.4 Å². The summed E-state index contributed by atoms with van der Waals surface area (Å²) < 4.78 is 35.3. The Labute approximate surface area is 172 Å². The highest BCUT2D eigenvalue weighted by atomic mass is 79.9. The molecule has 0 unspecified atom stereocenters. The van der Waals surface area contributed by atoms with Gasteiger partial charge in [-0.25, -0.2) is 9.18 Å². The van der Waals surface area contributed by atoms with Crippen LogP contribution >= 0.6 is 15.9 Å². The molecule has 1 heterocycles. The maximum absolute atomic E-state index is 13.0. The minimum Gasteiger partial charge on any atom is -0.465 e. The molecule has 0 radical (unpaired) electrons. The summed E-state index contributed by atoms with van der Waals surface area (Å²) >= 11 is 3.40. The molecular weight excluding hydrogens is 433 g/mol. The molecule has 0 aliphatic carbocycles. The van der Waals surface area contributed by atoms with E-state index >= 15 is 0 Å². The highest BCUT2D eigenvalue weighted by Crippen LogP contribution is 2.34. The second-order valence-corrected chi connectivity index (χ2v) is 7.78. The molecule has 2 rings (SSSR count). The number of halogens is 2. The lowest BCUT2D eigenvalue weighted by atomic mass is 10.1. The van der Waals surface area contributed by atoms with Gasteiger partial charge in [-0.1, -0.05) is 6.07 Å². The van der Waals surface area contributed by atoms with Crippen molar-refractivity contribution in [1.82, 2.24) is 4.98 Å². The molecule has 152 valence electrons. The zero-order valence-electron chi connectivity index (χ0n) is 16.3. The van der Waals surface area contributed by atoms with E-state index in [-0.39, 0.29) is 25.6 Å². The second-order valence-electron chi connectivity index (χ2n) is 6.92. The molecular formula is C20H23BrFNO5. The van der Waals surface area contributed by atoms with E-state index < -0.39 is 17.4 Å². The van der Waals surface area contributed by atoms with Crippen molar-refractivity contribution in [2.45, 2.75) is 39.6 Å². The van der Waals surface area contributed by atoms with Crippen molar-refractivity contribution in [2.24, 2.45) is 0 Å². The van der Waals surface area contributed by atoms with Gasteiger partial charge in [-0.2, -0.15) is 0 Å². The SMILES string of the molecule is COCOc1c(Br)ccc(COCc2ccc(F)cn2)c1C(=O)OC(C)(C)C.